The van der Waals surface area contributed by atoms with E-state index < -0.39 is 29.5 Å². The maximum absolute atomic E-state index is 13.6. The van der Waals surface area contributed by atoms with Crippen LogP contribution in [0, 0.1) is 12.8 Å². The summed E-state index contributed by atoms with van der Waals surface area (Å²) in [5, 5.41) is 27.3. The number of aromatic nitrogens is 3. The molecule has 6 N–H and O–H groups in total. The molecule has 2 unspecified atom stereocenters. The van der Waals surface area contributed by atoms with Crippen LogP contribution in [-0.2, 0) is 0 Å². The van der Waals surface area contributed by atoms with Crippen LogP contribution in [0.25, 0.3) is 22.4 Å². The normalized spacial score (nSPS) is 16.7. The van der Waals surface area contributed by atoms with Crippen LogP contribution in [0.5, 0.6) is 5.75 Å². The molecular formula is C32H35ClN6O6. The quantitative estimate of drug-likeness (QED) is 0.136. The lowest BCUT2D eigenvalue weighted by atomic mass is 9.87. The fourth-order valence-electron chi connectivity index (χ4n) is 6.20. The van der Waals surface area contributed by atoms with Gasteiger partial charge in [0, 0.05) is 36.0 Å². The van der Waals surface area contributed by atoms with E-state index in [4.69, 9.17) is 16.3 Å². The first-order chi connectivity index (χ1) is 21.8. The van der Waals surface area contributed by atoms with Crippen LogP contribution in [-0.4, -0.2) is 86.9 Å². The molecule has 0 spiro atoms. The standard InChI is InChI=1S/C32H35ClN6O6/c1-17-22(33)3-2-4-27(17)45-16-19(41)15-36-23-7-11-35-30(42)28(23)29-37-24-13-20-21(14-25(24)38-29)32(44)39(31(20)43)26(8-12-40)18-5-9-34-10-6-18/h2-4,7,11,13-14,18-19,26,34,40-41H,5-6,8-10,12,15-16H2,1H3,(H,37,38)(H2,35,36,42). The molecule has 6 rings (SSSR count). The summed E-state index contributed by atoms with van der Waals surface area (Å²) in [6, 6.07) is 9.75. The van der Waals surface area contributed by atoms with Crippen LogP contribution in [0.2, 0.25) is 5.02 Å². The Morgan fingerprint density at radius 2 is 1.89 bits per heavy atom. The van der Waals surface area contributed by atoms with Gasteiger partial charge in [-0.05, 0) is 75.5 Å². The lowest BCUT2D eigenvalue weighted by Crippen LogP contribution is -2.47. The predicted octanol–water partition coefficient (Wildman–Crippen LogP) is 3.08. The van der Waals surface area contributed by atoms with E-state index in [1.807, 2.05) is 6.92 Å². The van der Waals surface area contributed by atoms with Crippen molar-refractivity contribution in [1.29, 1.82) is 0 Å². The predicted molar refractivity (Wildman–Crippen MR) is 170 cm³/mol. The molecular weight excluding hydrogens is 600 g/mol. The van der Waals surface area contributed by atoms with E-state index in [-0.39, 0.29) is 48.2 Å². The molecule has 1 fully saturated rings. The summed E-state index contributed by atoms with van der Waals surface area (Å²) in [4.78, 5) is 51.9. The van der Waals surface area contributed by atoms with Crippen LogP contribution in [0.1, 0.15) is 45.5 Å². The monoisotopic (exact) mass is 634 g/mol. The Morgan fingerprint density at radius 1 is 1.13 bits per heavy atom. The van der Waals surface area contributed by atoms with E-state index in [1.165, 1.54) is 11.1 Å². The number of aromatic amines is 2. The van der Waals surface area contributed by atoms with E-state index >= 15 is 0 Å². The first kappa shape index (κ1) is 30.8. The number of benzene rings is 2. The number of hydrogen-bond donors (Lipinski definition) is 6. The zero-order valence-corrected chi connectivity index (χ0v) is 25.5. The molecule has 2 aliphatic heterocycles. The zero-order chi connectivity index (χ0) is 31.7. The smallest absolute Gasteiger partial charge is 0.261 e. The summed E-state index contributed by atoms with van der Waals surface area (Å²) in [5.74, 6) is 0.124. The van der Waals surface area contributed by atoms with Gasteiger partial charge in [0.15, 0.2) is 0 Å². The number of carbonyl (C=O) groups is 2. The zero-order valence-electron chi connectivity index (χ0n) is 24.7. The molecule has 4 aromatic rings. The average molecular weight is 635 g/mol. The third-order valence-electron chi connectivity index (χ3n) is 8.58. The molecule has 236 valence electrons. The van der Waals surface area contributed by atoms with Gasteiger partial charge in [0.1, 0.15) is 29.8 Å². The van der Waals surface area contributed by atoms with Gasteiger partial charge in [-0.15, -0.1) is 0 Å². The lowest BCUT2D eigenvalue weighted by Gasteiger charge is -2.35. The molecule has 4 heterocycles. The molecule has 2 aromatic heterocycles. The Balaban J connectivity index is 1.22. The highest BCUT2D eigenvalue weighted by molar-refractivity contribution is 6.31. The van der Waals surface area contributed by atoms with Gasteiger partial charge in [0.2, 0.25) is 0 Å². The van der Waals surface area contributed by atoms with Crippen molar-refractivity contribution in [2.75, 3.05) is 38.2 Å². The largest absolute Gasteiger partial charge is 0.490 e. The van der Waals surface area contributed by atoms with Crippen LogP contribution >= 0.6 is 11.6 Å². The number of nitrogens with one attached hydrogen (secondary N) is 4. The Labute approximate surface area is 263 Å². The van der Waals surface area contributed by atoms with Crippen molar-refractivity contribution in [3.05, 3.63) is 74.7 Å². The SMILES string of the molecule is Cc1c(Cl)cccc1OCC(O)CNc1cc[nH]c(=O)c1-c1nc2cc3c(cc2[nH]1)C(=O)N(C(CCO)C1CCNCC1)C3=O. The fourth-order valence-corrected chi connectivity index (χ4v) is 6.36. The van der Waals surface area contributed by atoms with E-state index in [2.05, 4.69) is 25.6 Å². The highest BCUT2D eigenvalue weighted by atomic mass is 35.5. The van der Waals surface area contributed by atoms with Crippen molar-refractivity contribution >= 4 is 40.1 Å². The average Bonchev–Trinajstić information content (AvgIpc) is 3.56. The Bertz CT molecular complexity index is 1750. The third-order valence-corrected chi connectivity index (χ3v) is 8.99. The molecule has 12 nitrogen and oxygen atoms in total. The number of H-pyrrole nitrogens is 2. The van der Waals surface area contributed by atoms with Gasteiger partial charge in [0.25, 0.3) is 17.4 Å². The van der Waals surface area contributed by atoms with Crippen LogP contribution in [0.15, 0.2) is 47.4 Å². The Kier molecular flexibility index (Phi) is 8.90. The Morgan fingerprint density at radius 3 is 2.64 bits per heavy atom. The highest BCUT2D eigenvalue weighted by Gasteiger charge is 2.43. The number of anilines is 1. The molecule has 45 heavy (non-hydrogen) atoms. The molecule has 1 saturated heterocycles. The number of fused-ring (bicyclic) bond motifs is 2. The van der Waals surface area contributed by atoms with Gasteiger partial charge < -0.3 is 35.6 Å². The van der Waals surface area contributed by atoms with E-state index in [0.29, 0.717) is 33.9 Å². The molecule has 2 amide bonds. The van der Waals surface area contributed by atoms with Gasteiger partial charge >= 0.3 is 0 Å². The maximum Gasteiger partial charge on any atom is 0.261 e. The van der Waals surface area contributed by atoms with Crippen LogP contribution in [0.4, 0.5) is 5.69 Å². The number of imide groups is 1. The molecule has 0 bridgehead atoms. The van der Waals surface area contributed by atoms with Crippen molar-refractivity contribution in [3.63, 3.8) is 0 Å². The number of rotatable bonds is 11. The number of aliphatic hydroxyl groups is 2. The summed E-state index contributed by atoms with van der Waals surface area (Å²) in [5.41, 5.74) is 2.42. The topological polar surface area (TPSA) is 173 Å². The van der Waals surface area contributed by atoms with E-state index in [9.17, 15) is 24.6 Å². The minimum absolute atomic E-state index is 0.00122. The van der Waals surface area contributed by atoms with E-state index in [1.54, 1.807) is 36.4 Å². The first-order valence-corrected chi connectivity index (χ1v) is 15.4. The molecule has 2 aromatic carbocycles. The van der Waals surface area contributed by atoms with Crippen molar-refractivity contribution < 1.29 is 24.5 Å². The summed E-state index contributed by atoms with van der Waals surface area (Å²) in [7, 11) is 0. The van der Waals surface area contributed by atoms with E-state index in [0.717, 1.165) is 31.5 Å². The van der Waals surface area contributed by atoms with Crippen molar-refractivity contribution in [3.8, 4) is 17.1 Å². The van der Waals surface area contributed by atoms with Crippen molar-refractivity contribution in [2.45, 2.75) is 38.3 Å². The number of nitrogens with zero attached hydrogens (tertiary/aromatic N) is 2. The maximum atomic E-state index is 13.6. The molecule has 0 radical (unpaired) electrons. The minimum atomic E-state index is -0.909. The molecule has 2 atom stereocenters. The second kappa shape index (κ2) is 13.0. The van der Waals surface area contributed by atoms with Crippen LogP contribution in [0.3, 0.4) is 0 Å². The number of carbonyl (C=O) groups excluding carboxylic acids is 2. The number of hydrogen-bond acceptors (Lipinski definition) is 9. The number of ether oxygens (including phenoxy) is 1. The third kappa shape index (κ3) is 6.06. The lowest BCUT2D eigenvalue weighted by molar-refractivity contribution is 0.0464. The van der Waals surface area contributed by atoms with Crippen LogP contribution < -0.4 is 20.9 Å². The minimum Gasteiger partial charge on any atom is -0.490 e. The van der Waals surface area contributed by atoms with Gasteiger partial charge in [-0.25, -0.2) is 4.98 Å². The second-order valence-corrected chi connectivity index (χ2v) is 11.9. The molecule has 0 saturated carbocycles. The van der Waals surface area contributed by atoms with Gasteiger partial charge in [-0.2, -0.15) is 0 Å². The first-order valence-electron chi connectivity index (χ1n) is 15.0. The molecule has 13 heteroatoms. The summed E-state index contributed by atoms with van der Waals surface area (Å²) >= 11 is 6.15. The number of aliphatic hydroxyl groups excluding tert-OH is 2. The van der Waals surface area contributed by atoms with Crippen molar-refractivity contribution in [1.82, 2.24) is 25.2 Å². The molecule has 2 aliphatic rings. The summed E-state index contributed by atoms with van der Waals surface area (Å²) in [6.45, 7) is 3.39. The Hall–Kier alpha value is -4.23. The van der Waals surface area contributed by atoms with Gasteiger partial charge in [-0.3, -0.25) is 19.3 Å². The number of halogens is 1. The summed E-state index contributed by atoms with van der Waals surface area (Å²) in [6.07, 6.45) is 2.54. The number of pyridine rings is 1. The van der Waals surface area contributed by atoms with Crippen molar-refractivity contribution in [2.24, 2.45) is 5.92 Å². The molecule has 0 aliphatic carbocycles. The number of piperidine rings is 1. The number of imidazole rings is 1. The van der Waals surface area contributed by atoms with Gasteiger partial charge in [0.05, 0.1) is 27.8 Å². The number of amides is 2. The van der Waals surface area contributed by atoms with Gasteiger partial charge in [-0.1, -0.05) is 17.7 Å². The fraction of sp³-hybridized carbons (Fsp3) is 0.375. The second-order valence-electron chi connectivity index (χ2n) is 11.5. The highest BCUT2D eigenvalue weighted by Crippen LogP contribution is 2.34. The summed E-state index contributed by atoms with van der Waals surface area (Å²) < 4.78 is 5.74.